The van der Waals surface area contributed by atoms with Gasteiger partial charge in [-0.15, -0.1) is 0 Å². The highest BCUT2D eigenvalue weighted by atomic mass is 35.5. The van der Waals surface area contributed by atoms with Crippen molar-refractivity contribution in [3.05, 3.63) is 40.9 Å². The van der Waals surface area contributed by atoms with E-state index in [0.717, 1.165) is 11.5 Å². The molecule has 0 aliphatic rings. The molecule has 0 radical (unpaired) electrons. The molecule has 0 fully saturated rings. The van der Waals surface area contributed by atoms with Crippen LogP contribution in [0.4, 0.5) is 5.69 Å². The Hall–Kier alpha value is -2.06. The third-order valence-electron chi connectivity index (χ3n) is 2.24. The van der Waals surface area contributed by atoms with Crippen LogP contribution in [0.2, 0.25) is 5.02 Å². The zero-order chi connectivity index (χ0) is 12.1. The number of nitrogens with one attached hydrogen (secondary N) is 2. The van der Waals surface area contributed by atoms with Crippen LogP contribution in [-0.4, -0.2) is 21.7 Å². The molecule has 0 saturated carbocycles. The van der Waals surface area contributed by atoms with Crippen LogP contribution < -0.4 is 5.32 Å². The van der Waals surface area contributed by atoms with Crippen LogP contribution in [0.3, 0.4) is 0 Å². The first kappa shape index (κ1) is 11.4. The summed E-state index contributed by atoms with van der Waals surface area (Å²) in [4.78, 5) is 4.01. The molecule has 0 unspecified atom stereocenters. The molecule has 0 aliphatic heterocycles. The predicted molar refractivity (Wildman–Crippen MR) is 64.7 cm³/mol. The minimum Gasteiger partial charge on any atom is -0.383 e. The van der Waals surface area contributed by atoms with Crippen LogP contribution >= 0.6 is 11.6 Å². The van der Waals surface area contributed by atoms with Crippen molar-refractivity contribution >= 4 is 17.3 Å². The summed E-state index contributed by atoms with van der Waals surface area (Å²) in [7, 11) is 0. The van der Waals surface area contributed by atoms with Crippen molar-refractivity contribution in [3.63, 3.8) is 0 Å². The number of nitriles is 1. The van der Waals surface area contributed by atoms with Gasteiger partial charge < -0.3 is 5.32 Å². The van der Waals surface area contributed by atoms with E-state index in [-0.39, 0.29) is 0 Å². The second kappa shape index (κ2) is 5.32. The summed E-state index contributed by atoms with van der Waals surface area (Å²) in [5.41, 5.74) is 1.31. The lowest BCUT2D eigenvalue weighted by atomic mass is 10.2. The average molecular weight is 248 g/mol. The number of aromatic amines is 1. The van der Waals surface area contributed by atoms with E-state index in [4.69, 9.17) is 16.9 Å². The zero-order valence-corrected chi connectivity index (χ0v) is 9.70. The first-order valence-corrected chi connectivity index (χ1v) is 5.45. The Labute approximate surface area is 103 Å². The molecular weight excluding hydrogens is 238 g/mol. The van der Waals surface area contributed by atoms with Crippen molar-refractivity contribution in [1.29, 1.82) is 5.26 Å². The quantitative estimate of drug-likeness (QED) is 0.866. The Balaban J connectivity index is 1.99. The van der Waals surface area contributed by atoms with Crippen molar-refractivity contribution in [2.75, 3.05) is 11.9 Å². The van der Waals surface area contributed by atoms with Gasteiger partial charge in [-0.05, 0) is 18.2 Å². The first-order valence-electron chi connectivity index (χ1n) is 5.07. The molecule has 0 spiro atoms. The van der Waals surface area contributed by atoms with Crippen molar-refractivity contribution in [3.8, 4) is 6.07 Å². The molecule has 1 aromatic carbocycles. The molecule has 0 bridgehead atoms. The van der Waals surface area contributed by atoms with Crippen LogP contribution in [0.15, 0.2) is 24.5 Å². The molecule has 0 saturated heterocycles. The highest BCUT2D eigenvalue weighted by Gasteiger charge is 2.02. The molecule has 0 amide bonds. The van der Waals surface area contributed by atoms with E-state index in [1.165, 1.54) is 6.33 Å². The van der Waals surface area contributed by atoms with Crippen LogP contribution in [0.5, 0.6) is 0 Å². The number of nitrogens with zero attached hydrogens (tertiary/aromatic N) is 3. The summed E-state index contributed by atoms with van der Waals surface area (Å²) in [6, 6.07) is 7.24. The van der Waals surface area contributed by atoms with E-state index < -0.39 is 0 Å². The van der Waals surface area contributed by atoms with Gasteiger partial charge in [0.2, 0.25) is 0 Å². The van der Waals surface area contributed by atoms with Gasteiger partial charge in [0.15, 0.2) is 0 Å². The second-order valence-electron chi connectivity index (χ2n) is 3.41. The van der Waals surface area contributed by atoms with Gasteiger partial charge >= 0.3 is 0 Å². The fourth-order valence-electron chi connectivity index (χ4n) is 1.43. The number of benzene rings is 1. The van der Waals surface area contributed by atoms with Gasteiger partial charge in [-0.2, -0.15) is 10.4 Å². The minimum atomic E-state index is 0.576. The highest BCUT2D eigenvalue weighted by molar-refractivity contribution is 6.30. The summed E-state index contributed by atoms with van der Waals surface area (Å²) < 4.78 is 0. The predicted octanol–water partition coefficient (Wildman–Crippen LogP) is 1.98. The summed E-state index contributed by atoms with van der Waals surface area (Å²) in [5, 5.41) is 19.2. The molecule has 17 heavy (non-hydrogen) atoms. The lowest BCUT2D eigenvalue weighted by molar-refractivity contribution is 0.901. The number of anilines is 1. The number of H-pyrrole nitrogens is 1. The zero-order valence-electron chi connectivity index (χ0n) is 8.94. The van der Waals surface area contributed by atoms with Crippen LogP contribution in [-0.2, 0) is 6.42 Å². The number of hydrogen-bond donors (Lipinski definition) is 2. The van der Waals surface area contributed by atoms with Gasteiger partial charge in [0.1, 0.15) is 18.2 Å². The number of rotatable bonds is 4. The van der Waals surface area contributed by atoms with E-state index >= 15 is 0 Å². The van der Waals surface area contributed by atoms with Crippen LogP contribution in [0.1, 0.15) is 11.4 Å². The Morgan fingerprint density at radius 1 is 1.47 bits per heavy atom. The molecule has 5 nitrogen and oxygen atoms in total. The summed E-state index contributed by atoms with van der Waals surface area (Å²) in [6.45, 7) is 0.657. The SMILES string of the molecule is N#Cc1ccc(Cl)cc1NCCc1ncn[nH]1. The topological polar surface area (TPSA) is 77.4 Å². The lowest BCUT2D eigenvalue weighted by Crippen LogP contribution is -2.07. The van der Waals surface area contributed by atoms with Gasteiger partial charge in [-0.1, -0.05) is 11.6 Å². The maximum Gasteiger partial charge on any atom is 0.137 e. The molecule has 2 N–H and O–H groups in total. The molecule has 0 atom stereocenters. The number of halogens is 1. The summed E-state index contributed by atoms with van der Waals surface area (Å²) in [5.74, 6) is 0.804. The average Bonchev–Trinajstić information content (AvgIpc) is 2.82. The van der Waals surface area contributed by atoms with Gasteiger partial charge in [0.05, 0.1) is 11.3 Å². The third kappa shape index (κ3) is 2.95. The summed E-state index contributed by atoms with van der Waals surface area (Å²) >= 11 is 5.87. The van der Waals surface area contributed by atoms with E-state index in [1.54, 1.807) is 18.2 Å². The maximum atomic E-state index is 8.93. The Morgan fingerprint density at radius 2 is 2.35 bits per heavy atom. The molecule has 1 aromatic heterocycles. The van der Waals surface area contributed by atoms with Gasteiger partial charge in [0, 0.05) is 18.0 Å². The van der Waals surface area contributed by atoms with Gasteiger partial charge in [-0.3, -0.25) is 5.10 Å². The molecule has 6 heteroatoms. The summed E-state index contributed by atoms with van der Waals surface area (Å²) in [6.07, 6.45) is 2.17. The van der Waals surface area contributed by atoms with E-state index in [1.807, 2.05) is 0 Å². The normalized spacial score (nSPS) is 9.88. The van der Waals surface area contributed by atoms with Crippen LogP contribution in [0, 0.1) is 11.3 Å². The van der Waals surface area contributed by atoms with E-state index in [9.17, 15) is 0 Å². The van der Waals surface area contributed by atoms with Crippen molar-refractivity contribution < 1.29 is 0 Å². The maximum absolute atomic E-state index is 8.93. The fraction of sp³-hybridized carbons (Fsp3) is 0.182. The molecule has 1 heterocycles. The van der Waals surface area contributed by atoms with Crippen molar-refractivity contribution in [2.24, 2.45) is 0 Å². The van der Waals surface area contributed by atoms with E-state index in [2.05, 4.69) is 26.6 Å². The van der Waals surface area contributed by atoms with Gasteiger partial charge in [0.25, 0.3) is 0 Å². The monoisotopic (exact) mass is 247 g/mol. The molecule has 86 valence electrons. The fourth-order valence-corrected chi connectivity index (χ4v) is 1.60. The van der Waals surface area contributed by atoms with E-state index in [0.29, 0.717) is 23.6 Å². The third-order valence-corrected chi connectivity index (χ3v) is 2.48. The number of hydrogen-bond acceptors (Lipinski definition) is 4. The largest absolute Gasteiger partial charge is 0.383 e. The molecule has 2 rings (SSSR count). The minimum absolute atomic E-state index is 0.576. The Bertz CT molecular complexity index is 529. The smallest absolute Gasteiger partial charge is 0.137 e. The lowest BCUT2D eigenvalue weighted by Gasteiger charge is -2.07. The number of aromatic nitrogens is 3. The Kier molecular flexibility index (Phi) is 3.58. The molecule has 2 aromatic rings. The van der Waals surface area contributed by atoms with Crippen molar-refractivity contribution in [1.82, 2.24) is 15.2 Å². The van der Waals surface area contributed by atoms with Gasteiger partial charge in [-0.25, -0.2) is 4.98 Å². The van der Waals surface area contributed by atoms with Crippen LogP contribution in [0.25, 0.3) is 0 Å². The standard InChI is InChI=1S/C11H10ClN5/c12-9-2-1-8(6-13)10(5-9)14-4-3-11-15-7-16-17-11/h1-2,5,7,14H,3-4H2,(H,15,16,17). The Morgan fingerprint density at radius 3 is 3.06 bits per heavy atom. The highest BCUT2D eigenvalue weighted by Crippen LogP contribution is 2.20. The first-order chi connectivity index (χ1) is 8.29. The van der Waals surface area contributed by atoms with Crippen molar-refractivity contribution in [2.45, 2.75) is 6.42 Å². The molecular formula is C11H10ClN5. The molecule has 0 aliphatic carbocycles. The second-order valence-corrected chi connectivity index (χ2v) is 3.85.